The largest absolute Gasteiger partial charge is 0.435 e. The number of hydrogen-bond acceptors (Lipinski definition) is 3. The average Bonchev–Trinajstić information content (AvgIpc) is 2.52. The Morgan fingerprint density at radius 2 is 1.52 bits per heavy atom. The molecule has 0 heterocycles. The van der Waals surface area contributed by atoms with Gasteiger partial charge in [0.1, 0.15) is 5.75 Å². The van der Waals surface area contributed by atoms with Crippen LogP contribution in [0, 0.1) is 0 Å². The van der Waals surface area contributed by atoms with Gasteiger partial charge in [0.15, 0.2) is 0 Å². The highest BCUT2D eigenvalue weighted by molar-refractivity contribution is 6.30. The summed E-state index contributed by atoms with van der Waals surface area (Å²) >= 11 is 5.76. The number of nitrogens with one attached hydrogen (secondary N) is 2. The Hall–Kier alpha value is -2.67. The fourth-order valence-corrected chi connectivity index (χ4v) is 1.89. The van der Waals surface area contributed by atoms with Gasteiger partial charge in [-0.25, -0.2) is 0 Å². The fourth-order valence-electron chi connectivity index (χ4n) is 1.70. The number of hydrogen-bond donors (Lipinski definition) is 2. The lowest BCUT2D eigenvalue weighted by Crippen LogP contribution is -2.41. The maximum Gasteiger partial charge on any atom is 0.387 e. The molecule has 0 bridgehead atoms. The predicted molar refractivity (Wildman–Crippen MR) is 79.5 cm³/mol. The molecule has 8 heteroatoms. The molecule has 0 fully saturated rings. The highest BCUT2D eigenvalue weighted by Crippen LogP contribution is 2.15. The summed E-state index contributed by atoms with van der Waals surface area (Å²) in [4.78, 5) is 23.7. The van der Waals surface area contributed by atoms with Crippen molar-refractivity contribution in [3.8, 4) is 5.75 Å². The SMILES string of the molecule is O=C(NNC(=O)c1cccc(OC(F)F)c1)c1cccc(Cl)c1. The first-order valence-corrected chi connectivity index (χ1v) is 6.74. The van der Waals surface area contributed by atoms with E-state index in [1.54, 1.807) is 12.1 Å². The number of carbonyl (C=O) groups excluding carboxylic acids is 2. The molecular formula is C15H11ClF2N2O3. The number of carbonyl (C=O) groups is 2. The smallest absolute Gasteiger partial charge is 0.387 e. The molecule has 0 aromatic heterocycles. The number of benzene rings is 2. The van der Waals surface area contributed by atoms with Crippen LogP contribution in [0.25, 0.3) is 0 Å². The zero-order chi connectivity index (χ0) is 16.8. The lowest BCUT2D eigenvalue weighted by atomic mass is 10.2. The summed E-state index contributed by atoms with van der Waals surface area (Å²) in [7, 11) is 0. The molecule has 0 saturated carbocycles. The first kappa shape index (κ1) is 16.7. The van der Waals surface area contributed by atoms with E-state index >= 15 is 0 Å². The quantitative estimate of drug-likeness (QED) is 0.841. The zero-order valence-electron chi connectivity index (χ0n) is 11.6. The maximum absolute atomic E-state index is 12.1. The lowest BCUT2D eigenvalue weighted by molar-refractivity contribution is -0.0498. The second-order valence-corrected chi connectivity index (χ2v) is 4.76. The van der Waals surface area contributed by atoms with E-state index in [-0.39, 0.29) is 16.9 Å². The van der Waals surface area contributed by atoms with Crippen LogP contribution in [0.5, 0.6) is 5.75 Å². The van der Waals surface area contributed by atoms with Gasteiger partial charge in [0.05, 0.1) is 0 Å². The number of amides is 2. The minimum Gasteiger partial charge on any atom is -0.435 e. The third-order valence-electron chi connectivity index (χ3n) is 2.70. The van der Waals surface area contributed by atoms with E-state index < -0.39 is 18.4 Å². The molecule has 0 aliphatic heterocycles. The zero-order valence-corrected chi connectivity index (χ0v) is 12.3. The molecule has 0 radical (unpaired) electrons. The second kappa shape index (κ2) is 7.55. The Balaban J connectivity index is 1.98. The van der Waals surface area contributed by atoms with Crippen molar-refractivity contribution in [2.75, 3.05) is 0 Å². The Kier molecular flexibility index (Phi) is 5.48. The van der Waals surface area contributed by atoms with Gasteiger partial charge >= 0.3 is 6.61 Å². The number of alkyl halides is 2. The van der Waals surface area contributed by atoms with Gasteiger partial charge in [0.2, 0.25) is 0 Å². The molecule has 2 aromatic carbocycles. The summed E-state index contributed by atoms with van der Waals surface area (Å²) in [5, 5.41) is 0.376. The summed E-state index contributed by atoms with van der Waals surface area (Å²) in [6, 6.07) is 11.3. The summed E-state index contributed by atoms with van der Waals surface area (Å²) in [5.41, 5.74) is 4.68. The maximum atomic E-state index is 12.1. The summed E-state index contributed by atoms with van der Waals surface area (Å²) in [5.74, 6) is -1.41. The van der Waals surface area contributed by atoms with Crippen LogP contribution in [0.4, 0.5) is 8.78 Å². The van der Waals surface area contributed by atoms with Crippen LogP contribution in [0.15, 0.2) is 48.5 Å². The first-order chi connectivity index (χ1) is 11.0. The molecular weight excluding hydrogens is 330 g/mol. The van der Waals surface area contributed by atoms with Crippen LogP contribution in [-0.4, -0.2) is 18.4 Å². The minimum absolute atomic E-state index is 0.0505. The van der Waals surface area contributed by atoms with Gasteiger partial charge in [0, 0.05) is 16.1 Å². The van der Waals surface area contributed by atoms with E-state index in [1.807, 2.05) is 0 Å². The third kappa shape index (κ3) is 4.93. The molecule has 2 N–H and O–H groups in total. The predicted octanol–water partition coefficient (Wildman–Crippen LogP) is 3.02. The van der Waals surface area contributed by atoms with E-state index in [0.717, 1.165) is 6.07 Å². The van der Waals surface area contributed by atoms with Crippen molar-refractivity contribution in [2.24, 2.45) is 0 Å². The normalized spacial score (nSPS) is 10.3. The van der Waals surface area contributed by atoms with E-state index in [1.165, 1.54) is 30.3 Å². The van der Waals surface area contributed by atoms with Crippen LogP contribution < -0.4 is 15.6 Å². The standard InChI is InChI=1S/C15H11ClF2N2O3/c16-11-5-1-3-9(7-11)13(21)19-20-14(22)10-4-2-6-12(8-10)23-15(17)18/h1-8,15H,(H,19,21)(H,20,22). The van der Waals surface area contributed by atoms with Gasteiger partial charge in [-0.2, -0.15) is 8.78 Å². The van der Waals surface area contributed by atoms with Crippen molar-refractivity contribution in [1.82, 2.24) is 10.9 Å². The summed E-state index contributed by atoms with van der Waals surface area (Å²) in [6.45, 7) is -2.99. The monoisotopic (exact) mass is 340 g/mol. The molecule has 2 aromatic rings. The third-order valence-corrected chi connectivity index (χ3v) is 2.93. The molecule has 2 amide bonds. The first-order valence-electron chi connectivity index (χ1n) is 6.37. The molecule has 120 valence electrons. The molecule has 0 saturated heterocycles. The molecule has 2 rings (SSSR count). The van der Waals surface area contributed by atoms with Crippen molar-refractivity contribution in [2.45, 2.75) is 6.61 Å². The number of ether oxygens (including phenoxy) is 1. The summed E-state index contributed by atoms with van der Waals surface area (Å²) < 4.78 is 28.5. The van der Waals surface area contributed by atoms with Gasteiger partial charge in [0.25, 0.3) is 11.8 Å². The number of hydrazine groups is 1. The van der Waals surface area contributed by atoms with Gasteiger partial charge < -0.3 is 4.74 Å². The van der Waals surface area contributed by atoms with Crippen LogP contribution in [-0.2, 0) is 0 Å². The van der Waals surface area contributed by atoms with E-state index in [0.29, 0.717) is 5.02 Å². The molecule has 23 heavy (non-hydrogen) atoms. The van der Waals surface area contributed by atoms with Crippen molar-refractivity contribution >= 4 is 23.4 Å². The number of halogens is 3. The minimum atomic E-state index is -2.99. The molecule has 0 spiro atoms. The van der Waals surface area contributed by atoms with Gasteiger partial charge in [-0.05, 0) is 36.4 Å². The van der Waals surface area contributed by atoms with Gasteiger partial charge in [-0.15, -0.1) is 0 Å². The topological polar surface area (TPSA) is 67.4 Å². The van der Waals surface area contributed by atoms with Gasteiger partial charge in [-0.1, -0.05) is 23.7 Å². The van der Waals surface area contributed by atoms with Crippen LogP contribution in [0.3, 0.4) is 0 Å². The lowest BCUT2D eigenvalue weighted by Gasteiger charge is -2.09. The van der Waals surface area contributed by atoms with Crippen LogP contribution in [0.2, 0.25) is 5.02 Å². The molecule has 5 nitrogen and oxygen atoms in total. The fraction of sp³-hybridized carbons (Fsp3) is 0.0667. The second-order valence-electron chi connectivity index (χ2n) is 4.32. The van der Waals surface area contributed by atoms with Gasteiger partial charge in [-0.3, -0.25) is 20.4 Å². The Morgan fingerprint density at radius 3 is 2.09 bits per heavy atom. The summed E-state index contributed by atoms with van der Waals surface area (Å²) in [6.07, 6.45) is 0. The molecule has 0 aliphatic carbocycles. The highest BCUT2D eigenvalue weighted by Gasteiger charge is 2.11. The van der Waals surface area contributed by atoms with Crippen molar-refractivity contribution < 1.29 is 23.1 Å². The molecule has 0 unspecified atom stereocenters. The van der Waals surface area contributed by atoms with Crippen LogP contribution in [0.1, 0.15) is 20.7 Å². The highest BCUT2D eigenvalue weighted by atomic mass is 35.5. The average molecular weight is 341 g/mol. The Labute approximate surface area is 135 Å². The molecule has 0 aliphatic rings. The number of rotatable bonds is 4. The van der Waals surface area contributed by atoms with Crippen molar-refractivity contribution in [1.29, 1.82) is 0 Å². The van der Waals surface area contributed by atoms with Crippen molar-refractivity contribution in [3.05, 3.63) is 64.7 Å². The Morgan fingerprint density at radius 1 is 0.957 bits per heavy atom. The Bertz CT molecular complexity index is 725. The van der Waals surface area contributed by atoms with E-state index in [2.05, 4.69) is 15.6 Å². The van der Waals surface area contributed by atoms with Crippen molar-refractivity contribution in [3.63, 3.8) is 0 Å². The molecule has 0 atom stereocenters. The van der Waals surface area contributed by atoms with E-state index in [9.17, 15) is 18.4 Å². The van der Waals surface area contributed by atoms with Crippen LogP contribution >= 0.6 is 11.6 Å². The van der Waals surface area contributed by atoms with E-state index in [4.69, 9.17) is 11.6 Å².